The number of nitrogens with two attached hydrogens (primary N) is 1. The molecule has 3 rings (SSSR count). The van der Waals surface area contributed by atoms with Crippen LogP contribution in [0.1, 0.15) is 52.1 Å². The molecule has 9 heteroatoms. The van der Waals surface area contributed by atoms with Gasteiger partial charge in [-0.3, -0.25) is 9.59 Å². The van der Waals surface area contributed by atoms with Gasteiger partial charge in [-0.25, -0.2) is 0 Å². The van der Waals surface area contributed by atoms with Crippen molar-refractivity contribution >= 4 is 11.9 Å². The number of aryl methyl sites for hydroxylation is 1. The first-order valence-electron chi connectivity index (χ1n) is 9.89. The first-order valence-corrected chi connectivity index (χ1v) is 9.39. The quantitative estimate of drug-likeness (QED) is 0.446. The number of nitrogens with one attached hydrogen (secondary N) is 2. The van der Waals surface area contributed by atoms with Gasteiger partial charge in [0.25, 0.3) is 0 Å². The first kappa shape index (κ1) is 17.4. The molecular weight excluding hydrogens is 336 g/mol. The van der Waals surface area contributed by atoms with Crippen LogP contribution in [0.15, 0.2) is 0 Å². The second kappa shape index (κ2) is 9.07. The molecular formula is C17H28N6O3. The highest BCUT2D eigenvalue weighted by Gasteiger charge is 2.38. The molecule has 144 valence electrons. The van der Waals surface area contributed by atoms with Crippen LogP contribution in [0.4, 0.5) is 0 Å². The predicted molar refractivity (Wildman–Crippen MR) is 92.6 cm³/mol. The van der Waals surface area contributed by atoms with Crippen molar-refractivity contribution in [3.05, 3.63) is 5.82 Å². The number of ether oxygens (including phenoxy) is 1. The normalized spacial score (nSPS) is 31.7. The Morgan fingerprint density at radius 1 is 1.31 bits per heavy atom. The van der Waals surface area contributed by atoms with E-state index in [4.69, 9.17) is 11.8 Å². The van der Waals surface area contributed by atoms with E-state index in [1.807, 2.05) is 0 Å². The molecule has 1 amide bonds. The van der Waals surface area contributed by atoms with Gasteiger partial charge in [-0.05, 0) is 56.4 Å². The van der Waals surface area contributed by atoms with Crippen molar-refractivity contribution < 1.29 is 15.7 Å². The standard InChI is InChI=1S/C17H28N6O3/c18-15(24)2-1-7-26-17(25)14-9-13-8-11(3-5-12(13)10-19-14)4-6-16-20-22-23-21-16/h11-14,19H,1-10H2,(H2,18,24)(H,20,21,22,23)/t11-,12+,13-,14+/m1/s1/i14D. The molecule has 0 aromatic carbocycles. The van der Waals surface area contributed by atoms with Crippen molar-refractivity contribution in [2.75, 3.05) is 13.2 Å². The molecule has 0 spiro atoms. The van der Waals surface area contributed by atoms with Crippen molar-refractivity contribution in [1.82, 2.24) is 25.9 Å². The van der Waals surface area contributed by atoms with Gasteiger partial charge in [0.1, 0.15) is 6.02 Å². The SMILES string of the molecule is [2H][C@@]1(C(=O)OCCCC(N)=O)C[C@H]2C[C@@H](CCc3nn[nH]n3)CC[C@H]2CN1. The molecule has 0 radical (unpaired) electrons. The van der Waals surface area contributed by atoms with Gasteiger partial charge in [0.15, 0.2) is 5.82 Å². The zero-order chi connectivity index (χ0) is 19.3. The van der Waals surface area contributed by atoms with Crippen molar-refractivity contribution in [2.24, 2.45) is 23.5 Å². The Labute approximate surface area is 154 Å². The Kier molecular flexibility index (Phi) is 6.06. The van der Waals surface area contributed by atoms with Crippen LogP contribution < -0.4 is 11.1 Å². The topological polar surface area (TPSA) is 136 Å². The summed E-state index contributed by atoms with van der Waals surface area (Å²) in [7, 11) is 0. The van der Waals surface area contributed by atoms with E-state index in [2.05, 4.69) is 25.9 Å². The van der Waals surface area contributed by atoms with E-state index in [1.165, 1.54) is 0 Å². The number of fused-ring (bicyclic) bond motifs is 1. The molecule has 2 fully saturated rings. The fraction of sp³-hybridized carbons (Fsp3) is 0.824. The number of esters is 1. The van der Waals surface area contributed by atoms with Gasteiger partial charge in [-0.1, -0.05) is 11.6 Å². The van der Waals surface area contributed by atoms with Gasteiger partial charge in [-0.15, -0.1) is 10.2 Å². The lowest BCUT2D eigenvalue weighted by Gasteiger charge is -2.42. The molecule has 0 bridgehead atoms. The number of primary amides is 1. The van der Waals surface area contributed by atoms with Crippen LogP contribution in [0.3, 0.4) is 0 Å². The zero-order valence-corrected chi connectivity index (χ0v) is 14.9. The second-order valence-electron chi connectivity index (χ2n) is 7.34. The number of aromatic nitrogens is 4. The number of carbonyl (C=O) groups excluding carboxylic acids is 2. The molecule has 1 saturated carbocycles. The summed E-state index contributed by atoms with van der Waals surface area (Å²) in [5.74, 6) is 1.16. The van der Waals surface area contributed by atoms with Crippen molar-refractivity contribution in [3.8, 4) is 0 Å². The third-order valence-electron chi connectivity index (χ3n) is 5.50. The summed E-state index contributed by atoms with van der Waals surface area (Å²) in [6, 6.07) is -1.40. The maximum absolute atomic E-state index is 12.4. The number of H-pyrrole nitrogens is 1. The Morgan fingerprint density at radius 2 is 2.19 bits per heavy atom. The molecule has 4 atom stereocenters. The van der Waals surface area contributed by atoms with Gasteiger partial charge in [-0.2, -0.15) is 5.21 Å². The molecule has 1 aromatic heterocycles. The lowest BCUT2D eigenvalue weighted by Crippen LogP contribution is -2.50. The number of rotatable bonds is 8. The minimum atomic E-state index is -1.40. The van der Waals surface area contributed by atoms with Crippen LogP contribution >= 0.6 is 0 Å². The smallest absolute Gasteiger partial charge is 0.323 e. The highest BCUT2D eigenvalue weighted by atomic mass is 16.5. The number of piperidine rings is 1. The molecule has 4 N–H and O–H groups in total. The Morgan fingerprint density at radius 3 is 2.96 bits per heavy atom. The maximum atomic E-state index is 12.4. The largest absolute Gasteiger partial charge is 0.465 e. The minimum Gasteiger partial charge on any atom is -0.465 e. The van der Waals surface area contributed by atoms with Gasteiger partial charge < -0.3 is 15.8 Å². The summed E-state index contributed by atoms with van der Waals surface area (Å²) in [5.41, 5.74) is 5.08. The third kappa shape index (κ3) is 5.23. The summed E-state index contributed by atoms with van der Waals surface area (Å²) in [6.45, 7) is 0.785. The molecule has 2 heterocycles. The number of hydrogen-bond donors (Lipinski definition) is 3. The lowest BCUT2D eigenvalue weighted by atomic mass is 9.69. The van der Waals surface area contributed by atoms with Gasteiger partial charge in [0.2, 0.25) is 5.91 Å². The second-order valence-corrected chi connectivity index (χ2v) is 7.34. The third-order valence-corrected chi connectivity index (χ3v) is 5.50. The zero-order valence-electron chi connectivity index (χ0n) is 15.9. The van der Waals surface area contributed by atoms with Crippen molar-refractivity contribution in [1.29, 1.82) is 0 Å². The average Bonchev–Trinajstić information content (AvgIpc) is 3.16. The highest BCUT2D eigenvalue weighted by molar-refractivity contribution is 5.76. The number of tetrazole rings is 1. The fourth-order valence-electron chi connectivity index (χ4n) is 4.07. The average molecular weight is 365 g/mol. The minimum absolute atomic E-state index is 0.117. The summed E-state index contributed by atoms with van der Waals surface area (Å²) in [6.07, 6.45) is 6.11. The Bertz CT molecular complexity index is 643. The van der Waals surface area contributed by atoms with Crippen LogP contribution in [0, 0.1) is 17.8 Å². The van der Waals surface area contributed by atoms with E-state index in [1.54, 1.807) is 0 Å². The summed E-state index contributed by atoms with van der Waals surface area (Å²) < 4.78 is 13.8. The first-order chi connectivity index (χ1) is 13.0. The molecule has 1 aliphatic carbocycles. The van der Waals surface area contributed by atoms with E-state index in [0.29, 0.717) is 37.1 Å². The Balaban J connectivity index is 1.48. The van der Waals surface area contributed by atoms with Gasteiger partial charge in [0.05, 0.1) is 7.98 Å². The fourth-order valence-corrected chi connectivity index (χ4v) is 4.07. The number of nitrogens with zero attached hydrogens (tertiary/aromatic N) is 3. The molecule has 1 saturated heterocycles. The summed E-state index contributed by atoms with van der Waals surface area (Å²) in [4.78, 5) is 23.1. The monoisotopic (exact) mass is 365 g/mol. The van der Waals surface area contributed by atoms with E-state index in [9.17, 15) is 9.59 Å². The van der Waals surface area contributed by atoms with E-state index >= 15 is 0 Å². The molecule has 0 unspecified atom stereocenters. The van der Waals surface area contributed by atoms with E-state index < -0.39 is 17.9 Å². The predicted octanol–water partition coefficient (Wildman–Crippen LogP) is 0.335. The molecule has 9 nitrogen and oxygen atoms in total. The van der Waals surface area contributed by atoms with Gasteiger partial charge in [0, 0.05) is 12.8 Å². The number of amides is 1. The van der Waals surface area contributed by atoms with Crippen LogP contribution in [-0.2, 0) is 20.7 Å². The Hall–Kier alpha value is -2.03. The number of carbonyl (C=O) groups is 2. The summed E-state index contributed by atoms with van der Waals surface area (Å²) in [5, 5.41) is 17.1. The van der Waals surface area contributed by atoms with Crippen LogP contribution in [0.5, 0.6) is 0 Å². The number of hydrogen-bond acceptors (Lipinski definition) is 7. The van der Waals surface area contributed by atoms with Crippen LogP contribution in [-0.4, -0.2) is 51.7 Å². The number of aromatic amines is 1. The maximum Gasteiger partial charge on any atom is 0.323 e. The molecule has 1 aromatic rings. The highest BCUT2D eigenvalue weighted by Crippen LogP contribution is 2.40. The van der Waals surface area contributed by atoms with Crippen LogP contribution in [0.2, 0.25) is 0 Å². The van der Waals surface area contributed by atoms with E-state index in [-0.39, 0.29) is 13.0 Å². The van der Waals surface area contributed by atoms with Crippen LogP contribution in [0.25, 0.3) is 0 Å². The van der Waals surface area contributed by atoms with Gasteiger partial charge >= 0.3 is 5.97 Å². The van der Waals surface area contributed by atoms with E-state index in [0.717, 1.165) is 37.9 Å². The van der Waals surface area contributed by atoms with Crippen molar-refractivity contribution in [2.45, 2.75) is 57.4 Å². The molecule has 2 aliphatic rings. The molecule has 26 heavy (non-hydrogen) atoms. The van der Waals surface area contributed by atoms with Crippen molar-refractivity contribution in [3.63, 3.8) is 0 Å². The summed E-state index contributed by atoms with van der Waals surface area (Å²) >= 11 is 0. The molecule has 1 aliphatic heterocycles. The lowest BCUT2D eigenvalue weighted by molar-refractivity contribution is -0.148.